The predicted molar refractivity (Wildman–Crippen MR) is 74.4 cm³/mol. The number of hydrogen-bond acceptors (Lipinski definition) is 8. The van der Waals surface area contributed by atoms with Crippen molar-refractivity contribution in [2.75, 3.05) is 18.9 Å². The van der Waals surface area contributed by atoms with Gasteiger partial charge < -0.3 is 30.7 Å². The normalized spacial score (nSPS) is 40.1. The van der Waals surface area contributed by atoms with Gasteiger partial charge in [-0.1, -0.05) is 0 Å². The van der Waals surface area contributed by atoms with Gasteiger partial charge in [0.2, 0.25) is 0 Å². The van der Waals surface area contributed by atoms with Gasteiger partial charge in [0.25, 0.3) is 0 Å². The zero-order chi connectivity index (χ0) is 15.7. The number of fused-ring (bicyclic) bond motifs is 2. The molecule has 2 saturated carbocycles. The molecule has 6 N–H and O–H groups in total. The van der Waals surface area contributed by atoms with Crippen molar-refractivity contribution in [1.82, 2.24) is 19.5 Å². The maximum absolute atomic E-state index is 10.8. The Hall–Kier alpha value is -1.81. The van der Waals surface area contributed by atoms with Crippen LogP contribution >= 0.6 is 0 Å². The molecule has 2 fully saturated rings. The van der Waals surface area contributed by atoms with E-state index in [-0.39, 0.29) is 18.3 Å². The van der Waals surface area contributed by atoms with E-state index in [2.05, 4.69) is 15.0 Å². The zero-order valence-corrected chi connectivity index (χ0v) is 11.7. The SMILES string of the molecule is Nc1ncnc2c1ncn2[C@@H]1[C@@H]2C[C@@]2(CO)[C@@H](O)[C@]1(O)CO. The molecule has 0 amide bonds. The molecule has 2 aliphatic rings. The van der Waals surface area contributed by atoms with E-state index in [4.69, 9.17) is 5.73 Å². The van der Waals surface area contributed by atoms with E-state index in [9.17, 15) is 20.4 Å². The minimum absolute atomic E-state index is 0.168. The number of nitrogens with zero attached hydrogens (tertiary/aromatic N) is 4. The highest BCUT2D eigenvalue weighted by Crippen LogP contribution is 2.70. The predicted octanol–water partition coefficient (Wildman–Crippen LogP) is -1.95. The monoisotopic (exact) mass is 307 g/mol. The Labute approximate surface area is 125 Å². The molecule has 0 radical (unpaired) electrons. The number of rotatable bonds is 3. The first-order valence-electron chi connectivity index (χ1n) is 7.05. The fourth-order valence-corrected chi connectivity index (χ4v) is 4.06. The number of nitrogens with two attached hydrogens (primary N) is 1. The van der Waals surface area contributed by atoms with Crippen molar-refractivity contribution in [3.05, 3.63) is 12.7 Å². The van der Waals surface area contributed by atoms with Gasteiger partial charge in [0.15, 0.2) is 11.5 Å². The van der Waals surface area contributed by atoms with Crippen molar-refractivity contribution in [3.8, 4) is 0 Å². The molecular weight excluding hydrogens is 290 g/mol. The largest absolute Gasteiger partial charge is 0.396 e. The molecule has 5 atom stereocenters. The van der Waals surface area contributed by atoms with E-state index >= 15 is 0 Å². The van der Waals surface area contributed by atoms with Crippen LogP contribution in [0.25, 0.3) is 11.2 Å². The summed E-state index contributed by atoms with van der Waals surface area (Å²) >= 11 is 0. The van der Waals surface area contributed by atoms with E-state index in [1.165, 1.54) is 12.7 Å². The fraction of sp³-hybridized carbons (Fsp3) is 0.615. The molecule has 0 bridgehead atoms. The van der Waals surface area contributed by atoms with Crippen molar-refractivity contribution in [2.24, 2.45) is 11.3 Å². The third-order valence-electron chi connectivity index (χ3n) is 5.32. The second-order valence-corrected chi connectivity index (χ2v) is 6.28. The minimum atomic E-state index is -1.76. The Balaban J connectivity index is 1.89. The van der Waals surface area contributed by atoms with Crippen LogP contribution < -0.4 is 5.73 Å². The van der Waals surface area contributed by atoms with Gasteiger partial charge in [-0.15, -0.1) is 0 Å². The number of imidazole rings is 1. The van der Waals surface area contributed by atoms with E-state index in [1.807, 2.05) is 0 Å². The molecule has 0 unspecified atom stereocenters. The van der Waals surface area contributed by atoms with Crippen LogP contribution in [0.2, 0.25) is 0 Å². The summed E-state index contributed by atoms with van der Waals surface area (Å²) in [7, 11) is 0. The van der Waals surface area contributed by atoms with Gasteiger partial charge in [-0.3, -0.25) is 0 Å². The molecule has 9 heteroatoms. The number of nitrogen functional groups attached to an aromatic ring is 1. The third-order valence-corrected chi connectivity index (χ3v) is 5.32. The lowest BCUT2D eigenvalue weighted by molar-refractivity contribution is -0.136. The number of hydrogen-bond donors (Lipinski definition) is 5. The number of aliphatic hydroxyl groups is 4. The lowest BCUT2D eigenvalue weighted by atomic mass is 9.88. The fourth-order valence-electron chi connectivity index (χ4n) is 4.06. The Morgan fingerprint density at radius 2 is 2.05 bits per heavy atom. The molecule has 0 spiro atoms. The van der Waals surface area contributed by atoms with Crippen LogP contribution in [-0.2, 0) is 0 Å². The van der Waals surface area contributed by atoms with Gasteiger partial charge in [0.05, 0.1) is 31.7 Å². The summed E-state index contributed by atoms with van der Waals surface area (Å²) < 4.78 is 1.61. The van der Waals surface area contributed by atoms with Crippen LogP contribution in [0, 0.1) is 11.3 Å². The van der Waals surface area contributed by atoms with Crippen molar-refractivity contribution >= 4 is 17.0 Å². The maximum atomic E-state index is 10.8. The summed E-state index contributed by atoms with van der Waals surface area (Å²) in [6.45, 7) is -0.876. The third kappa shape index (κ3) is 1.39. The standard InChI is InChI=1S/C13H17N5O4/c14-9-7-10(16-4-15-9)18(5-17-7)8-6-1-12(6,2-19)11(21)13(8,22)3-20/h4-6,8,11,19-22H,1-3H2,(H2,14,15,16)/t6-,8+,11+,12-,13-/m0/s1. The van der Waals surface area contributed by atoms with Crippen molar-refractivity contribution in [2.45, 2.75) is 24.2 Å². The van der Waals surface area contributed by atoms with E-state index in [1.54, 1.807) is 4.57 Å². The molecule has 118 valence electrons. The second kappa shape index (κ2) is 4.13. The van der Waals surface area contributed by atoms with Gasteiger partial charge >= 0.3 is 0 Å². The Morgan fingerprint density at radius 3 is 2.73 bits per heavy atom. The van der Waals surface area contributed by atoms with Crippen LogP contribution in [0.5, 0.6) is 0 Å². The van der Waals surface area contributed by atoms with E-state index in [0.29, 0.717) is 17.6 Å². The highest BCUT2D eigenvalue weighted by atomic mass is 16.4. The highest BCUT2D eigenvalue weighted by molar-refractivity contribution is 5.81. The van der Waals surface area contributed by atoms with Crippen molar-refractivity contribution < 1.29 is 20.4 Å². The van der Waals surface area contributed by atoms with E-state index < -0.39 is 29.8 Å². The smallest absolute Gasteiger partial charge is 0.165 e. The summed E-state index contributed by atoms with van der Waals surface area (Å²) in [6.07, 6.45) is 2.12. The lowest BCUT2D eigenvalue weighted by Gasteiger charge is -2.35. The second-order valence-electron chi connectivity index (χ2n) is 6.28. The first-order valence-corrected chi connectivity index (χ1v) is 7.05. The van der Waals surface area contributed by atoms with Gasteiger partial charge in [0, 0.05) is 5.41 Å². The summed E-state index contributed by atoms with van der Waals surface area (Å²) in [5.74, 6) is 0.0530. The molecule has 0 aromatic carbocycles. The van der Waals surface area contributed by atoms with Crippen LogP contribution in [0.3, 0.4) is 0 Å². The highest BCUT2D eigenvalue weighted by Gasteiger charge is 2.76. The molecular formula is C13H17N5O4. The van der Waals surface area contributed by atoms with Crippen LogP contribution in [0.1, 0.15) is 12.5 Å². The van der Waals surface area contributed by atoms with Crippen molar-refractivity contribution in [3.63, 3.8) is 0 Å². The Kier molecular flexibility index (Phi) is 2.60. The van der Waals surface area contributed by atoms with Crippen LogP contribution in [0.15, 0.2) is 12.7 Å². The molecule has 2 heterocycles. The summed E-state index contributed by atoms with van der Waals surface area (Å²) in [5.41, 5.74) is 4.05. The summed E-state index contributed by atoms with van der Waals surface area (Å²) in [4.78, 5) is 12.2. The first kappa shape index (κ1) is 13.8. The molecule has 22 heavy (non-hydrogen) atoms. The summed E-state index contributed by atoms with van der Waals surface area (Å²) in [6, 6.07) is -0.640. The van der Waals surface area contributed by atoms with Gasteiger partial charge in [-0.05, 0) is 12.3 Å². The van der Waals surface area contributed by atoms with Crippen molar-refractivity contribution in [1.29, 1.82) is 0 Å². The van der Waals surface area contributed by atoms with E-state index in [0.717, 1.165) is 0 Å². The lowest BCUT2D eigenvalue weighted by Crippen LogP contribution is -2.52. The quantitative estimate of drug-likeness (QED) is 0.439. The molecule has 4 rings (SSSR count). The first-order chi connectivity index (χ1) is 10.5. The molecule has 0 saturated heterocycles. The molecule has 2 aromatic heterocycles. The number of anilines is 1. The van der Waals surface area contributed by atoms with Gasteiger partial charge in [-0.25, -0.2) is 15.0 Å². The molecule has 2 aromatic rings. The average molecular weight is 307 g/mol. The summed E-state index contributed by atoms with van der Waals surface area (Å²) in [5, 5.41) is 40.5. The molecule has 0 aliphatic heterocycles. The van der Waals surface area contributed by atoms with Crippen LogP contribution in [-0.4, -0.2) is 64.9 Å². The topological polar surface area (TPSA) is 151 Å². The maximum Gasteiger partial charge on any atom is 0.165 e. The van der Waals surface area contributed by atoms with Gasteiger partial charge in [0.1, 0.15) is 17.4 Å². The Morgan fingerprint density at radius 1 is 1.27 bits per heavy atom. The molecule has 9 nitrogen and oxygen atoms in total. The van der Waals surface area contributed by atoms with Crippen LogP contribution in [0.4, 0.5) is 5.82 Å². The Bertz CT molecular complexity index is 751. The number of aliphatic hydroxyl groups excluding tert-OH is 3. The average Bonchev–Trinajstić information content (AvgIpc) is 3.04. The molecule has 2 aliphatic carbocycles. The number of aromatic nitrogens is 4. The van der Waals surface area contributed by atoms with Gasteiger partial charge in [-0.2, -0.15) is 0 Å². The zero-order valence-electron chi connectivity index (χ0n) is 11.7. The minimum Gasteiger partial charge on any atom is -0.396 e.